The van der Waals surface area contributed by atoms with E-state index in [1.165, 1.54) is 22.6 Å². The zero-order valence-electron chi connectivity index (χ0n) is 21.4. The maximum Gasteiger partial charge on any atom is 0.253 e. The first-order chi connectivity index (χ1) is 14.8. The third-order valence-electron chi connectivity index (χ3n) is 7.58. The molecule has 0 saturated heterocycles. The number of amides is 2. The standard InChI is InChI=1S/C28H43NO3/c1-21(2)20-23(22-12-10-9-11-13-22)28(7,8)26(3,4)17-19-32-27(5,6)16-18-29-24(30)14-15-25(29)31/h9-15,21,23H,16-20H2,1-8H3. The minimum Gasteiger partial charge on any atom is -0.375 e. The molecule has 0 radical (unpaired) electrons. The van der Waals surface area contributed by atoms with Crippen LogP contribution in [0.4, 0.5) is 0 Å². The van der Waals surface area contributed by atoms with Crippen LogP contribution in [0.1, 0.15) is 86.1 Å². The molecule has 32 heavy (non-hydrogen) atoms. The summed E-state index contributed by atoms with van der Waals surface area (Å²) >= 11 is 0. The van der Waals surface area contributed by atoms with Crippen LogP contribution < -0.4 is 0 Å². The van der Waals surface area contributed by atoms with E-state index in [1.807, 2.05) is 13.8 Å². The van der Waals surface area contributed by atoms with Crippen molar-refractivity contribution in [3.8, 4) is 0 Å². The zero-order valence-corrected chi connectivity index (χ0v) is 21.4. The molecule has 0 saturated carbocycles. The van der Waals surface area contributed by atoms with Crippen molar-refractivity contribution in [1.82, 2.24) is 4.90 Å². The van der Waals surface area contributed by atoms with Crippen LogP contribution in [-0.2, 0) is 14.3 Å². The first kappa shape index (κ1) is 26.3. The lowest BCUT2D eigenvalue weighted by molar-refractivity contribution is -0.137. The van der Waals surface area contributed by atoms with Gasteiger partial charge in [-0.05, 0) is 61.3 Å². The lowest BCUT2D eigenvalue weighted by Crippen LogP contribution is -2.40. The Kier molecular flexibility index (Phi) is 8.50. The number of hydrogen-bond acceptors (Lipinski definition) is 3. The van der Waals surface area contributed by atoms with Crippen LogP contribution in [0.3, 0.4) is 0 Å². The summed E-state index contributed by atoms with van der Waals surface area (Å²) in [5, 5.41) is 0. The minimum absolute atomic E-state index is 0.0588. The van der Waals surface area contributed by atoms with Gasteiger partial charge in [0.15, 0.2) is 0 Å². The topological polar surface area (TPSA) is 46.6 Å². The molecule has 0 aliphatic carbocycles. The van der Waals surface area contributed by atoms with Gasteiger partial charge in [-0.3, -0.25) is 14.5 Å². The van der Waals surface area contributed by atoms with Crippen LogP contribution >= 0.6 is 0 Å². The Morgan fingerprint density at radius 3 is 1.97 bits per heavy atom. The van der Waals surface area contributed by atoms with Crippen LogP contribution in [-0.4, -0.2) is 35.5 Å². The monoisotopic (exact) mass is 441 g/mol. The summed E-state index contributed by atoms with van der Waals surface area (Å²) in [5.74, 6) is 0.624. The number of nitrogens with zero attached hydrogens (tertiary/aromatic N) is 1. The highest BCUT2D eigenvalue weighted by atomic mass is 16.5. The quantitative estimate of drug-likeness (QED) is 0.354. The first-order valence-electron chi connectivity index (χ1n) is 12.0. The molecule has 0 fully saturated rings. The van der Waals surface area contributed by atoms with Crippen LogP contribution in [0.25, 0.3) is 0 Å². The van der Waals surface area contributed by atoms with Gasteiger partial charge in [0, 0.05) is 25.3 Å². The molecule has 1 unspecified atom stereocenters. The average Bonchev–Trinajstić information content (AvgIpc) is 3.02. The van der Waals surface area contributed by atoms with Crippen molar-refractivity contribution in [2.75, 3.05) is 13.2 Å². The van der Waals surface area contributed by atoms with Crippen molar-refractivity contribution in [3.63, 3.8) is 0 Å². The number of ether oxygens (including phenoxy) is 1. The molecule has 0 bridgehead atoms. The van der Waals surface area contributed by atoms with Gasteiger partial charge in [-0.25, -0.2) is 0 Å². The maximum absolute atomic E-state index is 11.8. The highest BCUT2D eigenvalue weighted by Gasteiger charge is 2.43. The molecule has 1 aliphatic heterocycles. The molecule has 4 nitrogen and oxygen atoms in total. The first-order valence-corrected chi connectivity index (χ1v) is 12.0. The van der Waals surface area contributed by atoms with E-state index in [2.05, 4.69) is 71.9 Å². The second-order valence-electron chi connectivity index (χ2n) is 11.5. The normalized spacial score (nSPS) is 16.3. The van der Waals surface area contributed by atoms with Crippen molar-refractivity contribution < 1.29 is 14.3 Å². The summed E-state index contributed by atoms with van der Waals surface area (Å²) < 4.78 is 6.29. The molecule has 1 atom stereocenters. The molecule has 0 spiro atoms. The second-order valence-corrected chi connectivity index (χ2v) is 11.5. The zero-order chi connectivity index (χ0) is 24.2. The molecular formula is C28H43NO3. The predicted molar refractivity (Wildman–Crippen MR) is 131 cm³/mol. The Balaban J connectivity index is 2.00. The molecule has 4 heteroatoms. The Morgan fingerprint density at radius 2 is 1.44 bits per heavy atom. The molecule has 2 amide bonds. The number of imide groups is 1. The van der Waals surface area contributed by atoms with E-state index in [4.69, 9.17) is 4.74 Å². The van der Waals surface area contributed by atoms with Gasteiger partial charge in [0.1, 0.15) is 0 Å². The molecule has 1 heterocycles. The van der Waals surface area contributed by atoms with E-state index in [0.29, 0.717) is 31.4 Å². The fourth-order valence-electron chi connectivity index (χ4n) is 4.49. The smallest absolute Gasteiger partial charge is 0.253 e. The molecular weight excluding hydrogens is 398 g/mol. The van der Waals surface area contributed by atoms with Gasteiger partial charge in [-0.2, -0.15) is 0 Å². The lowest BCUT2D eigenvalue weighted by Gasteiger charge is -2.48. The summed E-state index contributed by atoms with van der Waals surface area (Å²) in [7, 11) is 0. The molecule has 2 rings (SSSR count). The van der Waals surface area contributed by atoms with Crippen molar-refractivity contribution in [2.45, 2.75) is 86.2 Å². The number of carbonyl (C=O) groups excluding carboxylic acids is 2. The van der Waals surface area contributed by atoms with Crippen molar-refractivity contribution in [1.29, 1.82) is 0 Å². The summed E-state index contributed by atoms with van der Waals surface area (Å²) in [6.45, 7) is 19.2. The van der Waals surface area contributed by atoms with Crippen molar-refractivity contribution >= 4 is 11.8 Å². The van der Waals surface area contributed by atoms with Gasteiger partial charge in [0.2, 0.25) is 0 Å². The molecule has 1 aliphatic rings. The molecule has 1 aromatic rings. The minimum atomic E-state index is -0.403. The van der Waals surface area contributed by atoms with Gasteiger partial charge in [0.25, 0.3) is 11.8 Å². The molecule has 178 valence electrons. The van der Waals surface area contributed by atoms with Gasteiger partial charge < -0.3 is 4.74 Å². The highest BCUT2D eigenvalue weighted by Crippen LogP contribution is 2.53. The van der Waals surface area contributed by atoms with E-state index in [9.17, 15) is 9.59 Å². The summed E-state index contributed by atoms with van der Waals surface area (Å²) in [5.41, 5.74) is 1.14. The Bertz CT molecular complexity index is 787. The van der Waals surface area contributed by atoms with Crippen molar-refractivity contribution in [2.24, 2.45) is 16.7 Å². The summed E-state index contributed by atoms with van der Waals surface area (Å²) in [6.07, 6.45) is 5.38. The number of benzene rings is 1. The largest absolute Gasteiger partial charge is 0.375 e. The van der Waals surface area contributed by atoms with Gasteiger partial charge >= 0.3 is 0 Å². The van der Waals surface area contributed by atoms with Crippen LogP contribution in [0, 0.1) is 16.7 Å². The SMILES string of the molecule is CC(C)CC(c1ccccc1)C(C)(C)C(C)(C)CCOC(C)(C)CCN1C(=O)C=CC1=O. The third kappa shape index (κ3) is 6.54. The summed E-state index contributed by atoms with van der Waals surface area (Å²) in [4.78, 5) is 24.9. The number of carbonyl (C=O) groups is 2. The lowest BCUT2D eigenvalue weighted by atomic mass is 9.57. The van der Waals surface area contributed by atoms with Gasteiger partial charge in [-0.1, -0.05) is 71.9 Å². The fraction of sp³-hybridized carbons (Fsp3) is 0.643. The van der Waals surface area contributed by atoms with Crippen LogP contribution in [0.5, 0.6) is 0 Å². The van der Waals surface area contributed by atoms with Crippen molar-refractivity contribution in [3.05, 3.63) is 48.0 Å². The van der Waals surface area contributed by atoms with E-state index >= 15 is 0 Å². The Hall–Kier alpha value is -1.94. The maximum atomic E-state index is 11.8. The highest BCUT2D eigenvalue weighted by molar-refractivity contribution is 6.12. The predicted octanol–water partition coefficient (Wildman–Crippen LogP) is 6.37. The van der Waals surface area contributed by atoms with E-state index < -0.39 is 5.60 Å². The molecule has 0 N–H and O–H groups in total. The summed E-state index contributed by atoms with van der Waals surface area (Å²) in [6, 6.07) is 10.9. The van der Waals surface area contributed by atoms with Gasteiger partial charge in [-0.15, -0.1) is 0 Å². The Morgan fingerprint density at radius 1 is 0.875 bits per heavy atom. The van der Waals surface area contributed by atoms with Crippen LogP contribution in [0.2, 0.25) is 0 Å². The van der Waals surface area contributed by atoms with E-state index in [0.717, 1.165) is 12.8 Å². The van der Waals surface area contributed by atoms with E-state index in [1.54, 1.807) is 0 Å². The number of hydrogen-bond donors (Lipinski definition) is 0. The van der Waals surface area contributed by atoms with E-state index in [-0.39, 0.29) is 22.6 Å². The molecule has 0 aromatic heterocycles. The number of rotatable bonds is 12. The Labute approximate surface area is 195 Å². The molecule has 1 aromatic carbocycles. The van der Waals surface area contributed by atoms with Gasteiger partial charge in [0.05, 0.1) is 5.60 Å². The third-order valence-corrected chi connectivity index (χ3v) is 7.58. The fourth-order valence-corrected chi connectivity index (χ4v) is 4.49. The average molecular weight is 442 g/mol. The van der Waals surface area contributed by atoms with Crippen LogP contribution in [0.15, 0.2) is 42.5 Å². The second kappa shape index (κ2) is 10.3.